The molecule has 2 amide bonds. The summed E-state index contributed by atoms with van der Waals surface area (Å²) >= 11 is 0. The van der Waals surface area contributed by atoms with Crippen LogP contribution in [0.15, 0.2) is 60.7 Å². The van der Waals surface area contributed by atoms with Gasteiger partial charge in [-0.15, -0.1) is 0 Å². The molecule has 0 saturated carbocycles. The van der Waals surface area contributed by atoms with E-state index in [4.69, 9.17) is 0 Å². The van der Waals surface area contributed by atoms with E-state index in [9.17, 15) is 9.59 Å². The minimum atomic E-state index is -0.585. The van der Waals surface area contributed by atoms with Crippen LogP contribution in [0.5, 0.6) is 0 Å². The van der Waals surface area contributed by atoms with Gasteiger partial charge in [0.15, 0.2) is 0 Å². The summed E-state index contributed by atoms with van der Waals surface area (Å²) in [7, 11) is 0. The highest BCUT2D eigenvalue weighted by atomic mass is 16.2. The first-order valence-corrected chi connectivity index (χ1v) is 10.3. The van der Waals surface area contributed by atoms with Crippen molar-refractivity contribution in [2.75, 3.05) is 44.2 Å². The van der Waals surface area contributed by atoms with Crippen LogP contribution in [0.25, 0.3) is 0 Å². The molecule has 29 heavy (non-hydrogen) atoms. The Morgan fingerprint density at radius 3 is 2.17 bits per heavy atom. The first kappa shape index (κ1) is 20.9. The van der Waals surface area contributed by atoms with Gasteiger partial charge in [-0.1, -0.05) is 48.5 Å². The summed E-state index contributed by atoms with van der Waals surface area (Å²) in [5.74, 6) is -1.15. The standard InChI is InChI=1S/C23H30N4O2/c1-19(20-9-4-2-5-10-20)25-23(29)22(28)24-13-8-14-26-15-17-27(18-16-26)21-11-6-3-7-12-21/h2-7,9-12,19H,8,13-18H2,1H3,(H,24,28)(H,25,29). The van der Waals surface area contributed by atoms with Crippen LogP contribution in [-0.4, -0.2) is 56.0 Å². The van der Waals surface area contributed by atoms with Gasteiger partial charge in [-0.05, 0) is 37.6 Å². The molecule has 1 aliphatic rings. The van der Waals surface area contributed by atoms with Crippen molar-refractivity contribution in [1.29, 1.82) is 0 Å². The zero-order chi connectivity index (χ0) is 20.5. The van der Waals surface area contributed by atoms with Gasteiger partial charge < -0.3 is 15.5 Å². The Morgan fingerprint density at radius 2 is 1.52 bits per heavy atom. The second-order valence-electron chi connectivity index (χ2n) is 7.38. The molecule has 0 aliphatic carbocycles. The molecule has 2 N–H and O–H groups in total. The predicted molar refractivity (Wildman–Crippen MR) is 116 cm³/mol. The molecule has 6 heteroatoms. The third-order valence-corrected chi connectivity index (χ3v) is 5.28. The quantitative estimate of drug-likeness (QED) is 0.558. The SMILES string of the molecule is CC(NC(=O)C(=O)NCCCN1CCN(c2ccccc2)CC1)c1ccccc1. The molecule has 1 aliphatic heterocycles. The summed E-state index contributed by atoms with van der Waals surface area (Å²) in [6, 6.07) is 19.9. The third-order valence-electron chi connectivity index (χ3n) is 5.28. The molecule has 1 fully saturated rings. The monoisotopic (exact) mass is 394 g/mol. The minimum absolute atomic E-state index is 0.199. The molecule has 1 unspecified atom stereocenters. The highest BCUT2D eigenvalue weighted by molar-refractivity contribution is 6.35. The van der Waals surface area contributed by atoms with Gasteiger partial charge in [-0.3, -0.25) is 14.5 Å². The van der Waals surface area contributed by atoms with Gasteiger partial charge in [-0.2, -0.15) is 0 Å². The number of nitrogens with zero attached hydrogens (tertiary/aromatic N) is 2. The van der Waals surface area contributed by atoms with E-state index in [0.717, 1.165) is 44.7 Å². The molecule has 1 saturated heterocycles. The largest absolute Gasteiger partial charge is 0.369 e. The first-order chi connectivity index (χ1) is 14.1. The number of anilines is 1. The number of benzene rings is 2. The summed E-state index contributed by atoms with van der Waals surface area (Å²) in [6.45, 7) is 7.34. The summed E-state index contributed by atoms with van der Waals surface area (Å²) in [6.07, 6.45) is 0.832. The number of amides is 2. The van der Waals surface area contributed by atoms with Gasteiger partial charge in [0.25, 0.3) is 0 Å². The topological polar surface area (TPSA) is 64.7 Å². The van der Waals surface area contributed by atoms with Crippen LogP contribution in [0.2, 0.25) is 0 Å². The molecule has 2 aromatic rings. The Kier molecular flexibility index (Phi) is 7.64. The number of nitrogens with one attached hydrogen (secondary N) is 2. The van der Waals surface area contributed by atoms with Gasteiger partial charge in [0.05, 0.1) is 6.04 Å². The van der Waals surface area contributed by atoms with Crippen molar-refractivity contribution in [3.8, 4) is 0 Å². The zero-order valence-corrected chi connectivity index (χ0v) is 17.0. The highest BCUT2D eigenvalue weighted by Gasteiger charge is 2.18. The van der Waals surface area contributed by atoms with Crippen molar-refractivity contribution >= 4 is 17.5 Å². The van der Waals surface area contributed by atoms with Crippen molar-refractivity contribution in [3.05, 3.63) is 66.2 Å². The van der Waals surface area contributed by atoms with Crippen molar-refractivity contribution < 1.29 is 9.59 Å². The number of hydrogen-bond donors (Lipinski definition) is 2. The minimum Gasteiger partial charge on any atom is -0.369 e. The molecule has 1 heterocycles. The van der Waals surface area contributed by atoms with Gasteiger partial charge in [-0.25, -0.2) is 0 Å². The lowest BCUT2D eigenvalue weighted by molar-refractivity contribution is -0.139. The van der Waals surface area contributed by atoms with E-state index in [2.05, 4.69) is 44.7 Å². The van der Waals surface area contributed by atoms with Crippen LogP contribution in [0, 0.1) is 0 Å². The molecule has 0 spiro atoms. The van der Waals surface area contributed by atoms with Gasteiger partial charge in [0.2, 0.25) is 0 Å². The number of rotatable bonds is 7. The lowest BCUT2D eigenvalue weighted by Crippen LogP contribution is -2.47. The first-order valence-electron chi connectivity index (χ1n) is 10.3. The van der Waals surface area contributed by atoms with Crippen LogP contribution in [0.3, 0.4) is 0 Å². The fourth-order valence-corrected chi connectivity index (χ4v) is 3.54. The second-order valence-corrected chi connectivity index (χ2v) is 7.38. The maximum atomic E-state index is 12.1. The Bertz CT molecular complexity index is 774. The molecule has 154 valence electrons. The maximum Gasteiger partial charge on any atom is 0.309 e. The molecule has 1 atom stereocenters. The van der Waals surface area contributed by atoms with Gasteiger partial charge in [0, 0.05) is 38.4 Å². The van der Waals surface area contributed by atoms with E-state index in [0.29, 0.717) is 6.54 Å². The Labute approximate surface area is 172 Å². The highest BCUT2D eigenvalue weighted by Crippen LogP contribution is 2.15. The Balaban J connectivity index is 1.30. The zero-order valence-electron chi connectivity index (χ0n) is 17.0. The van der Waals surface area contributed by atoms with E-state index in [1.807, 2.05) is 43.3 Å². The second kappa shape index (κ2) is 10.6. The van der Waals surface area contributed by atoms with Crippen molar-refractivity contribution in [1.82, 2.24) is 15.5 Å². The number of para-hydroxylation sites is 1. The smallest absolute Gasteiger partial charge is 0.309 e. The lowest BCUT2D eigenvalue weighted by atomic mass is 10.1. The van der Waals surface area contributed by atoms with E-state index < -0.39 is 11.8 Å². The molecular weight excluding hydrogens is 364 g/mol. The van der Waals surface area contributed by atoms with Crippen molar-refractivity contribution in [3.63, 3.8) is 0 Å². The summed E-state index contributed by atoms with van der Waals surface area (Å²) < 4.78 is 0. The van der Waals surface area contributed by atoms with E-state index >= 15 is 0 Å². The molecule has 3 rings (SSSR count). The summed E-state index contributed by atoms with van der Waals surface area (Å²) in [4.78, 5) is 28.9. The van der Waals surface area contributed by atoms with Crippen LogP contribution >= 0.6 is 0 Å². The van der Waals surface area contributed by atoms with Crippen molar-refractivity contribution in [2.45, 2.75) is 19.4 Å². The van der Waals surface area contributed by atoms with E-state index in [1.54, 1.807) is 0 Å². The molecule has 6 nitrogen and oxygen atoms in total. The van der Waals surface area contributed by atoms with E-state index in [-0.39, 0.29) is 6.04 Å². The maximum absolute atomic E-state index is 12.1. The predicted octanol–water partition coefficient (Wildman–Crippen LogP) is 2.19. The fraction of sp³-hybridized carbons (Fsp3) is 0.391. The van der Waals surface area contributed by atoms with Crippen LogP contribution in [-0.2, 0) is 9.59 Å². The van der Waals surface area contributed by atoms with Crippen LogP contribution in [0.4, 0.5) is 5.69 Å². The van der Waals surface area contributed by atoms with Crippen molar-refractivity contribution in [2.24, 2.45) is 0 Å². The summed E-state index contributed by atoms with van der Waals surface area (Å²) in [5, 5.41) is 5.47. The average molecular weight is 395 g/mol. The average Bonchev–Trinajstić information content (AvgIpc) is 2.78. The normalized spacial score (nSPS) is 15.6. The number of carbonyl (C=O) groups is 2. The van der Waals surface area contributed by atoms with Gasteiger partial charge in [0.1, 0.15) is 0 Å². The number of piperazine rings is 1. The molecular formula is C23H30N4O2. The van der Waals surface area contributed by atoms with Crippen LogP contribution in [0.1, 0.15) is 24.9 Å². The van der Waals surface area contributed by atoms with E-state index in [1.165, 1.54) is 5.69 Å². The Morgan fingerprint density at radius 1 is 0.897 bits per heavy atom. The molecule has 2 aromatic carbocycles. The summed E-state index contributed by atoms with van der Waals surface area (Å²) in [5.41, 5.74) is 2.25. The lowest BCUT2D eigenvalue weighted by Gasteiger charge is -2.36. The number of hydrogen-bond acceptors (Lipinski definition) is 4. The molecule has 0 bridgehead atoms. The van der Waals surface area contributed by atoms with Gasteiger partial charge >= 0.3 is 11.8 Å². The molecule has 0 radical (unpaired) electrons. The van der Waals surface area contributed by atoms with Crippen LogP contribution < -0.4 is 15.5 Å². The fourth-order valence-electron chi connectivity index (χ4n) is 3.54. The third kappa shape index (κ3) is 6.32. The Hall–Kier alpha value is -2.86. The molecule has 0 aromatic heterocycles. The number of carbonyl (C=O) groups excluding carboxylic acids is 2.